The molecule has 4 rings (SSSR count). The van der Waals surface area contributed by atoms with Gasteiger partial charge in [0.25, 0.3) is 0 Å². The molecule has 2 nitrogen and oxygen atoms in total. The summed E-state index contributed by atoms with van der Waals surface area (Å²) in [5, 5.41) is 2.28. The molecule has 0 amide bonds. The summed E-state index contributed by atoms with van der Waals surface area (Å²) in [6.07, 6.45) is 1.46. The topological polar surface area (TPSA) is 26.3 Å². The number of ketones is 1. The van der Waals surface area contributed by atoms with E-state index >= 15 is 0 Å². The predicted octanol–water partition coefficient (Wildman–Crippen LogP) is 4.64. The largest absolute Gasteiger partial charge is 0.497 e. The Morgan fingerprint density at radius 2 is 1.73 bits per heavy atom. The molecule has 0 atom stereocenters. The zero-order chi connectivity index (χ0) is 15.1. The molecule has 3 aromatic carbocycles. The molecule has 0 saturated heterocycles. The highest BCUT2D eigenvalue weighted by atomic mass is 16.5. The minimum Gasteiger partial charge on any atom is -0.497 e. The lowest BCUT2D eigenvalue weighted by atomic mass is 9.85. The average Bonchev–Trinajstić information content (AvgIpc) is 2.58. The number of aryl methyl sites for hydroxylation is 1. The third-order valence-electron chi connectivity index (χ3n) is 4.41. The van der Waals surface area contributed by atoms with E-state index in [1.807, 2.05) is 30.3 Å². The van der Waals surface area contributed by atoms with E-state index in [-0.39, 0.29) is 5.78 Å². The minimum atomic E-state index is 0.249. The van der Waals surface area contributed by atoms with Crippen molar-refractivity contribution in [3.8, 4) is 16.9 Å². The highest BCUT2D eigenvalue weighted by molar-refractivity contribution is 6.12. The first-order valence-electron chi connectivity index (χ1n) is 7.49. The van der Waals surface area contributed by atoms with Crippen molar-refractivity contribution in [2.24, 2.45) is 0 Å². The van der Waals surface area contributed by atoms with Crippen LogP contribution >= 0.6 is 0 Å². The Morgan fingerprint density at radius 1 is 0.909 bits per heavy atom. The van der Waals surface area contributed by atoms with E-state index in [4.69, 9.17) is 4.74 Å². The van der Waals surface area contributed by atoms with Crippen LogP contribution in [0.3, 0.4) is 0 Å². The third-order valence-corrected chi connectivity index (χ3v) is 4.41. The maximum absolute atomic E-state index is 12.3. The van der Waals surface area contributed by atoms with Crippen molar-refractivity contribution in [1.29, 1.82) is 0 Å². The Morgan fingerprint density at radius 3 is 2.50 bits per heavy atom. The molecule has 3 aromatic rings. The maximum atomic E-state index is 12.3. The Kier molecular flexibility index (Phi) is 2.97. The highest BCUT2D eigenvalue weighted by Crippen LogP contribution is 2.34. The molecule has 0 unspecified atom stereocenters. The number of methoxy groups -OCH3 is 1. The standard InChI is InChI=1S/C20H16O2/c1-22-17-8-5-13(6-9-17)16-11-15-4-2-3-14-7-10-19(21)18(12-16)20(14)15/h2-6,8-9,11-12H,7,10H2,1H3. The van der Waals surface area contributed by atoms with Gasteiger partial charge in [0.15, 0.2) is 5.78 Å². The molecule has 0 spiro atoms. The van der Waals surface area contributed by atoms with Gasteiger partial charge >= 0.3 is 0 Å². The van der Waals surface area contributed by atoms with Crippen molar-refractivity contribution >= 4 is 16.6 Å². The molecule has 0 saturated carbocycles. The van der Waals surface area contributed by atoms with Gasteiger partial charge in [0.2, 0.25) is 0 Å². The number of carbonyl (C=O) groups is 1. The van der Waals surface area contributed by atoms with E-state index in [0.29, 0.717) is 6.42 Å². The van der Waals surface area contributed by atoms with E-state index in [2.05, 4.69) is 24.3 Å². The molecule has 0 heterocycles. The van der Waals surface area contributed by atoms with Crippen LogP contribution < -0.4 is 4.74 Å². The van der Waals surface area contributed by atoms with E-state index in [1.165, 1.54) is 5.56 Å². The van der Waals surface area contributed by atoms with Gasteiger partial charge in [0.1, 0.15) is 5.75 Å². The number of ether oxygens (including phenoxy) is 1. The summed E-state index contributed by atoms with van der Waals surface area (Å²) < 4.78 is 5.21. The summed E-state index contributed by atoms with van der Waals surface area (Å²) in [7, 11) is 1.66. The van der Waals surface area contributed by atoms with Gasteiger partial charge < -0.3 is 4.74 Å². The molecule has 0 bridgehead atoms. The van der Waals surface area contributed by atoms with Gasteiger partial charge in [0, 0.05) is 12.0 Å². The molecule has 108 valence electrons. The van der Waals surface area contributed by atoms with E-state index in [0.717, 1.165) is 39.6 Å². The first kappa shape index (κ1) is 13.1. The van der Waals surface area contributed by atoms with Crippen LogP contribution in [0.5, 0.6) is 5.75 Å². The van der Waals surface area contributed by atoms with Crippen molar-refractivity contribution in [3.05, 3.63) is 65.7 Å². The lowest BCUT2D eigenvalue weighted by Crippen LogP contribution is -2.09. The lowest BCUT2D eigenvalue weighted by Gasteiger charge is -2.18. The second kappa shape index (κ2) is 4.99. The molecule has 0 N–H and O–H groups in total. The van der Waals surface area contributed by atoms with Crippen LogP contribution in [0.25, 0.3) is 21.9 Å². The summed E-state index contributed by atoms with van der Waals surface area (Å²) in [6.45, 7) is 0. The fourth-order valence-electron chi connectivity index (χ4n) is 3.27. The number of Topliss-reactive ketones (excluding diaryl/α,β-unsaturated/α-hetero) is 1. The fourth-order valence-corrected chi connectivity index (χ4v) is 3.27. The van der Waals surface area contributed by atoms with Crippen LogP contribution in [0.15, 0.2) is 54.6 Å². The second-order valence-corrected chi connectivity index (χ2v) is 5.69. The van der Waals surface area contributed by atoms with E-state index in [9.17, 15) is 4.79 Å². The molecule has 0 radical (unpaired) electrons. The molecular formula is C20H16O2. The van der Waals surface area contributed by atoms with Gasteiger partial charge in [-0.1, -0.05) is 30.3 Å². The van der Waals surface area contributed by atoms with E-state index in [1.54, 1.807) is 7.11 Å². The average molecular weight is 288 g/mol. The number of rotatable bonds is 2. The normalized spacial score (nSPS) is 13.4. The Balaban J connectivity index is 1.94. The van der Waals surface area contributed by atoms with Crippen LogP contribution in [0.1, 0.15) is 22.3 Å². The van der Waals surface area contributed by atoms with Crippen LogP contribution in [0, 0.1) is 0 Å². The zero-order valence-corrected chi connectivity index (χ0v) is 12.4. The van der Waals surface area contributed by atoms with Crippen molar-refractivity contribution in [2.75, 3.05) is 7.11 Å². The number of benzene rings is 3. The van der Waals surface area contributed by atoms with Gasteiger partial charge in [-0.05, 0) is 58.1 Å². The van der Waals surface area contributed by atoms with Gasteiger partial charge in [-0.2, -0.15) is 0 Å². The fraction of sp³-hybridized carbons (Fsp3) is 0.150. The SMILES string of the molecule is COc1ccc(-c2cc3c4c(cccc4c2)CCC3=O)cc1. The Bertz CT molecular complexity index is 876. The predicted molar refractivity (Wildman–Crippen MR) is 88.6 cm³/mol. The minimum absolute atomic E-state index is 0.249. The maximum Gasteiger partial charge on any atom is 0.163 e. The molecular weight excluding hydrogens is 272 g/mol. The quantitative estimate of drug-likeness (QED) is 0.686. The van der Waals surface area contributed by atoms with Crippen molar-refractivity contribution < 1.29 is 9.53 Å². The molecule has 1 aliphatic rings. The number of hydrogen-bond donors (Lipinski definition) is 0. The van der Waals surface area contributed by atoms with Crippen LogP contribution in [0.2, 0.25) is 0 Å². The third kappa shape index (κ3) is 2.00. The molecule has 0 aromatic heterocycles. The van der Waals surface area contributed by atoms with Crippen molar-refractivity contribution in [3.63, 3.8) is 0 Å². The van der Waals surface area contributed by atoms with Crippen LogP contribution in [-0.4, -0.2) is 12.9 Å². The summed E-state index contributed by atoms with van der Waals surface area (Å²) in [4.78, 5) is 12.3. The van der Waals surface area contributed by atoms with Crippen molar-refractivity contribution in [1.82, 2.24) is 0 Å². The first-order chi connectivity index (χ1) is 10.8. The molecule has 22 heavy (non-hydrogen) atoms. The van der Waals surface area contributed by atoms with Crippen molar-refractivity contribution in [2.45, 2.75) is 12.8 Å². The Hall–Kier alpha value is -2.61. The zero-order valence-electron chi connectivity index (χ0n) is 12.4. The highest BCUT2D eigenvalue weighted by Gasteiger charge is 2.20. The van der Waals surface area contributed by atoms with Gasteiger partial charge in [-0.15, -0.1) is 0 Å². The van der Waals surface area contributed by atoms with Gasteiger partial charge in [-0.3, -0.25) is 4.79 Å². The molecule has 0 aliphatic heterocycles. The first-order valence-corrected chi connectivity index (χ1v) is 7.49. The smallest absolute Gasteiger partial charge is 0.163 e. The van der Waals surface area contributed by atoms with E-state index < -0.39 is 0 Å². The lowest BCUT2D eigenvalue weighted by molar-refractivity contribution is 0.0982. The monoisotopic (exact) mass is 288 g/mol. The summed E-state index contributed by atoms with van der Waals surface area (Å²) in [5.74, 6) is 1.09. The number of hydrogen-bond acceptors (Lipinski definition) is 2. The van der Waals surface area contributed by atoms with Crippen LogP contribution in [-0.2, 0) is 6.42 Å². The Labute approximate surface area is 129 Å². The summed E-state index contributed by atoms with van der Waals surface area (Å²) in [6, 6.07) is 18.5. The molecule has 2 heteroatoms. The van der Waals surface area contributed by atoms with Gasteiger partial charge in [-0.25, -0.2) is 0 Å². The second-order valence-electron chi connectivity index (χ2n) is 5.69. The number of carbonyl (C=O) groups excluding carboxylic acids is 1. The summed E-state index contributed by atoms with van der Waals surface area (Å²) >= 11 is 0. The molecule has 1 aliphatic carbocycles. The van der Waals surface area contributed by atoms with Crippen LogP contribution in [0.4, 0.5) is 0 Å². The summed E-state index contributed by atoms with van der Waals surface area (Å²) in [5.41, 5.74) is 4.33. The molecule has 0 fully saturated rings. The van der Waals surface area contributed by atoms with Gasteiger partial charge in [0.05, 0.1) is 7.11 Å².